The SMILES string of the molecule is CCS(=O)(=O)CCn1[nH]c2c(c1=O)CCCCC2. The molecule has 0 atom stereocenters. The molecular formula is C12H20N2O3S. The van der Waals surface area contributed by atoms with Crippen LogP contribution < -0.4 is 5.56 Å². The van der Waals surface area contributed by atoms with Gasteiger partial charge in [-0.1, -0.05) is 13.3 Å². The van der Waals surface area contributed by atoms with E-state index in [1.54, 1.807) is 6.92 Å². The Morgan fingerprint density at radius 1 is 1.22 bits per heavy atom. The average molecular weight is 272 g/mol. The van der Waals surface area contributed by atoms with Gasteiger partial charge in [-0.05, 0) is 25.7 Å². The van der Waals surface area contributed by atoms with Gasteiger partial charge >= 0.3 is 0 Å². The van der Waals surface area contributed by atoms with Gasteiger partial charge in [-0.25, -0.2) is 8.42 Å². The van der Waals surface area contributed by atoms with E-state index < -0.39 is 9.84 Å². The van der Waals surface area contributed by atoms with Crippen LogP contribution in [0.1, 0.15) is 37.4 Å². The highest BCUT2D eigenvalue weighted by Gasteiger charge is 2.17. The second-order valence-electron chi connectivity index (χ2n) is 4.82. The molecule has 18 heavy (non-hydrogen) atoms. The highest BCUT2D eigenvalue weighted by atomic mass is 32.2. The van der Waals surface area contributed by atoms with Crippen molar-refractivity contribution in [3.8, 4) is 0 Å². The minimum absolute atomic E-state index is 0.0294. The van der Waals surface area contributed by atoms with E-state index in [9.17, 15) is 13.2 Å². The largest absolute Gasteiger partial charge is 0.299 e. The van der Waals surface area contributed by atoms with Crippen molar-refractivity contribution < 1.29 is 8.42 Å². The highest BCUT2D eigenvalue weighted by molar-refractivity contribution is 7.91. The summed E-state index contributed by atoms with van der Waals surface area (Å²) in [6.45, 7) is 1.87. The summed E-state index contributed by atoms with van der Waals surface area (Å²) in [5.41, 5.74) is 1.84. The maximum atomic E-state index is 12.1. The van der Waals surface area contributed by atoms with E-state index in [1.165, 1.54) is 4.68 Å². The van der Waals surface area contributed by atoms with E-state index in [-0.39, 0.29) is 23.6 Å². The van der Waals surface area contributed by atoms with E-state index in [1.807, 2.05) is 0 Å². The van der Waals surface area contributed by atoms with Gasteiger partial charge in [0.15, 0.2) is 9.84 Å². The first-order valence-corrected chi connectivity index (χ1v) is 8.36. The number of rotatable bonds is 4. The van der Waals surface area contributed by atoms with Crippen molar-refractivity contribution in [2.45, 2.75) is 45.6 Å². The Bertz CT molecular complexity index is 569. The zero-order valence-corrected chi connectivity index (χ0v) is 11.6. The molecule has 0 radical (unpaired) electrons. The number of nitrogens with one attached hydrogen (secondary N) is 1. The molecule has 0 fully saturated rings. The Morgan fingerprint density at radius 3 is 2.67 bits per heavy atom. The summed E-state index contributed by atoms with van der Waals surface area (Å²) < 4.78 is 24.4. The molecule has 1 heterocycles. The van der Waals surface area contributed by atoms with Crippen LogP contribution in [0.3, 0.4) is 0 Å². The number of nitrogens with zero attached hydrogens (tertiary/aromatic N) is 1. The summed E-state index contributed by atoms with van der Waals surface area (Å²) in [6.07, 6.45) is 5.02. The fraction of sp³-hybridized carbons (Fsp3) is 0.750. The van der Waals surface area contributed by atoms with Crippen LogP contribution in [0.5, 0.6) is 0 Å². The first kappa shape index (κ1) is 13.4. The number of sulfone groups is 1. The summed E-state index contributed by atoms with van der Waals surface area (Å²) in [4.78, 5) is 12.1. The average Bonchev–Trinajstić information content (AvgIpc) is 2.54. The van der Waals surface area contributed by atoms with E-state index >= 15 is 0 Å². The van der Waals surface area contributed by atoms with Crippen LogP contribution in [-0.4, -0.2) is 29.7 Å². The molecule has 0 bridgehead atoms. The molecule has 0 aromatic carbocycles. The summed E-state index contributed by atoms with van der Waals surface area (Å²) in [6, 6.07) is 0. The number of hydrogen-bond donors (Lipinski definition) is 1. The number of fused-ring (bicyclic) bond motifs is 1. The van der Waals surface area contributed by atoms with Gasteiger partial charge in [-0.2, -0.15) is 0 Å². The lowest BCUT2D eigenvalue weighted by Crippen LogP contribution is -2.24. The predicted molar refractivity (Wildman–Crippen MR) is 70.6 cm³/mol. The molecule has 1 aliphatic rings. The van der Waals surface area contributed by atoms with E-state index in [0.717, 1.165) is 43.4 Å². The molecular weight excluding hydrogens is 252 g/mol. The highest BCUT2D eigenvalue weighted by Crippen LogP contribution is 2.15. The normalized spacial score (nSPS) is 16.3. The zero-order valence-electron chi connectivity index (χ0n) is 10.7. The first-order chi connectivity index (χ1) is 8.53. The van der Waals surface area contributed by atoms with Gasteiger partial charge in [-0.3, -0.25) is 14.6 Å². The van der Waals surface area contributed by atoms with Crippen LogP contribution in [0, 0.1) is 0 Å². The van der Waals surface area contributed by atoms with Gasteiger partial charge in [-0.15, -0.1) is 0 Å². The van der Waals surface area contributed by atoms with E-state index in [0.29, 0.717) is 0 Å². The molecule has 102 valence electrons. The fourth-order valence-electron chi connectivity index (χ4n) is 2.35. The van der Waals surface area contributed by atoms with Crippen molar-refractivity contribution in [2.75, 3.05) is 11.5 Å². The Balaban J connectivity index is 2.18. The third kappa shape index (κ3) is 2.85. The van der Waals surface area contributed by atoms with Gasteiger partial charge in [0.1, 0.15) is 0 Å². The minimum Gasteiger partial charge on any atom is -0.299 e. The van der Waals surface area contributed by atoms with Crippen molar-refractivity contribution in [3.63, 3.8) is 0 Å². The molecule has 1 aromatic heterocycles. The van der Waals surface area contributed by atoms with Gasteiger partial charge in [0.05, 0.1) is 12.3 Å². The van der Waals surface area contributed by atoms with Gasteiger partial charge in [0.2, 0.25) is 0 Å². The van der Waals surface area contributed by atoms with Crippen LogP contribution in [0.2, 0.25) is 0 Å². The molecule has 6 heteroatoms. The molecule has 0 saturated carbocycles. The quantitative estimate of drug-likeness (QED) is 0.827. The molecule has 0 amide bonds. The molecule has 1 aromatic rings. The van der Waals surface area contributed by atoms with Crippen molar-refractivity contribution in [3.05, 3.63) is 21.6 Å². The molecule has 0 saturated heterocycles. The number of aromatic nitrogens is 2. The third-order valence-electron chi connectivity index (χ3n) is 3.56. The van der Waals surface area contributed by atoms with Crippen molar-refractivity contribution in [1.29, 1.82) is 0 Å². The predicted octanol–water partition coefficient (Wildman–Crippen LogP) is 0.880. The number of hydrogen-bond acceptors (Lipinski definition) is 3. The molecule has 0 spiro atoms. The van der Waals surface area contributed by atoms with Gasteiger partial charge < -0.3 is 0 Å². The van der Waals surface area contributed by atoms with Crippen molar-refractivity contribution in [2.24, 2.45) is 0 Å². The summed E-state index contributed by atoms with van der Waals surface area (Å²) in [7, 11) is -3.02. The Labute approximate surface area is 107 Å². The first-order valence-electron chi connectivity index (χ1n) is 6.54. The zero-order chi connectivity index (χ0) is 13.2. The van der Waals surface area contributed by atoms with Gasteiger partial charge in [0, 0.05) is 17.0 Å². The maximum Gasteiger partial charge on any atom is 0.269 e. The second-order valence-corrected chi connectivity index (χ2v) is 7.30. The Hall–Kier alpha value is -1.04. The topological polar surface area (TPSA) is 71.9 Å². The second kappa shape index (κ2) is 5.30. The number of aromatic amines is 1. The minimum atomic E-state index is -3.02. The smallest absolute Gasteiger partial charge is 0.269 e. The Kier molecular flexibility index (Phi) is 3.94. The van der Waals surface area contributed by atoms with Crippen LogP contribution in [0.25, 0.3) is 0 Å². The fourth-order valence-corrected chi connectivity index (χ4v) is 3.10. The standard InChI is InChI=1S/C12H20N2O3S/c1-2-18(16,17)9-8-14-12(15)10-6-4-3-5-7-11(10)13-14/h13H,2-9H2,1H3. The third-order valence-corrected chi connectivity index (χ3v) is 5.24. The van der Waals surface area contributed by atoms with Crippen LogP contribution in [0.4, 0.5) is 0 Å². The number of aryl methyl sites for hydroxylation is 2. The lowest BCUT2D eigenvalue weighted by molar-refractivity contribution is 0.572. The lowest BCUT2D eigenvalue weighted by Gasteiger charge is -2.02. The maximum absolute atomic E-state index is 12.1. The molecule has 2 rings (SSSR count). The summed E-state index contributed by atoms with van der Waals surface area (Å²) >= 11 is 0. The summed E-state index contributed by atoms with van der Waals surface area (Å²) in [5, 5.41) is 3.08. The number of H-pyrrole nitrogens is 1. The molecule has 1 aliphatic carbocycles. The van der Waals surface area contributed by atoms with Gasteiger partial charge in [0.25, 0.3) is 5.56 Å². The van der Waals surface area contributed by atoms with Crippen LogP contribution in [-0.2, 0) is 29.2 Å². The Morgan fingerprint density at radius 2 is 1.94 bits per heavy atom. The molecule has 0 unspecified atom stereocenters. The van der Waals surface area contributed by atoms with Crippen LogP contribution >= 0.6 is 0 Å². The summed E-state index contributed by atoms with van der Waals surface area (Å²) in [5.74, 6) is 0.158. The van der Waals surface area contributed by atoms with E-state index in [2.05, 4.69) is 5.10 Å². The molecule has 5 nitrogen and oxygen atoms in total. The van der Waals surface area contributed by atoms with Crippen molar-refractivity contribution >= 4 is 9.84 Å². The van der Waals surface area contributed by atoms with E-state index in [4.69, 9.17) is 0 Å². The molecule has 1 N–H and O–H groups in total. The van der Waals surface area contributed by atoms with Crippen molar-refractivity contribution in [1.82, 2.24) is 9.78 Å². The van der Waals surface area contributed by atoms with Crippen LogP contribution in [0.15, 0.2) is 4.79 Å². The lowest BCUT2D eigenvalue weighted by atomic mass is 10.1. The molecule has 0 aliphatic heterocycles. The monoisotopic (exact) mass is 272 g/mol.